The maximum absolute atomic E-state index is 13.3. The first-order valence-corrected chi connectivity index (χ1v) is 13.4. The first kappa shape index (κ1) is 28.2. The van der Waals surface area contributed by atoms with Gasteiger partial charge in [0, 0.05) is 48.6 Å². The summed E-state index contributed by atoms with van der Waals surface area (Å²) in [7, 11) is 1.80. The van der Waals surface area contributed by atoms with Crippen LogP contribution in [0.15, 0.2) is 66.7 Å². The number of halogens is 1. The molecule has 0 saturated carbocycles. The van der Waals surface area contributed by atoms with Crippen molar-refractivity contribution in [3.8, 4) is 11.5 Å². The summed E-state index contributed by atoms with van der Waals surface area (Å²) in [5, 5.41) is 6.34. The topological polar surface area (TPSA) is 79.9 Å². The van der Waals surface area contributed by atoms with Gasteiger partial charge in [0.15, 0.2) is 12.4 Å². The molecule has 0 aliphatic carbocycles. The molecule has 3 aromatic carbocycles. The number of rotatable bonds is 12. The monoisotopic (exact) mass is 547 g/mol. The van der Waals surface area contributed by atoms with Crippen LogP contribution in [-0.4, -0.2) is 56.5 Å². The molecular weight excluding hydrogens is 514 g/mol. The molecule has 0 fully saturated rings. The third-order valence-corrected chi connectivity index (χ3v) is 6.66. The number of anilines is 2. The zero-order valence-corrected chi connectivity index (χ0v) is 23.3. The van der Waals surface area contributed by atoms with Crippen LogP contribution in [-0.2, 0) is 4.79 Å². The van der Waals surface area contributed by atoms with E-state index < -0.39 is 0 Å². The molecule has 0 atom stereocenters. The second-order valence-corrected chi connectivity index (χ2v) is 9.99. The highest BCUT2D eigenvalue weighted by Crippen LogP contribution is 2.27. The third-order valence-electron chi connectivity index (χ3n) is 6.43. The molecule has 7 nitrogen and oxygen atoms in total. The Hall–Kier alpha value is -3.81. The molecule has 1 aliphatic rings. The Morgan fingerprint density at radius 3 is 2.51 bits per heavy atom. The number of amides is 1. The summed E-state index contributed by atoms with van der Waals surface area (Å²) in [6.45, 7) is 7.23. The second-order valence-electron chi connectivity index (χ2n) is 9.55. The Morgan fingerprint density at radius 2 is 1.77 bits per heavy atom. The summed E-state index contributed by atoms with van der Waals surface area (Å²) in [6.07, 6.45) is 5.31. The zero-order valence-electron chi connectivity index (χ0n) is 22.6. The molecule has 0 unspecified atom stereocenters. The smallest absolute Gasteiger partial charge is 0.262 e. The van der Waals surface area contributed by atoms with Crippen LogP contribution < -0.4 is 20.1 Å². The van der Waals surface area contributed by atoms with E-state index in [1.165, 1.54) is 0 Å². The van der Waals surface area contributed by atoms with Gasteiger partial charge < -0.3 is 20.1 Å². The molecule has 1 heterocycles. The van der Waals surface area contributed by atoms with Gasteiger partial charge in [-0.3, -0.25) is 14.5 Å². The van der Waals surface area contributed by atoms with Crippen molar-refractivity contribution in [3.63, 3.8) is 0 Å². The minimum absolute atomic E-state index is 0.239. The van der Waals surface area contributed by atoms with E-state index in [4.69, 9.17) is 21.1 Å². The van der Waals surface area contributed by atoms with Gasteiger partial charge in [0.1, 0.15) is 11.5 Å². The number of carbonyl (C=O) groups is 2. The number of hydrogen-bond donors (Lipinski definition) is 2. The van der Waals surface area contributed by atoms with Crippen molar-refractivity contribution in [1.29, 1.82) is 0 Å². The molecule has 0 bridgehead atoms. The fraction of sp³-hybridized carbons (Fsp3) is 0.290. The molecule has 39 heavy (non-hydrogen) atoms. The van der Waals surface area contributed by atoms with E-state index >= 15 is 0 Å². The molecule has 1 aliphatic heterocycles. The van der Waals surface area contributed by atoms with Gasteiger partial charge in [0.25, 0.3) is 5.91 Å². The van der Waals surface area contributed by atoms with Crippen molar-refractivity contribution in [2.45, 2.75) is 20.3 Å². The summed E-state index contributed by atoms with van der Waals surface area (Å²) < 4.78 is 11.7. The molecule has 0 spiro atoms. The first-order valence-electron chi connectivity index (χ1n) is 13.0. The number of ether oxygens (including phenoxy) is 2. The van der Waals surface area contributed by atoms with Crippen LogP contribution in [0.4, 0.5) is 11.4 Å². The third kappa shape index (κ3) is 7.85. The van der Waals surface area contributed by atoms with Gasteiger partial charge in [-0.2, -0.15) is 0 Å². The van der Waals surface area contributed by atoms with Crippen LogP contribution in [0.2, 0.25) is 5.02 Å². The van der Waals surface area contributed by atoms with Crippen LogP contribution in [0.5, 0.6) is 11.5 Å². The van der Waals surface area contributed by atoms with Crippen LogP contribution in [0, 0.1) is 13.8 Å². The molecule has 3 aromatic rings. The van der Waals surface area contributed by atoms with Crippen molar-refractivity contribution >= 4 is 34.7 Å². The van der Waals surface area contributed by atoms with Crippen LogP contribution >= 0.6 is 11.6 Å². The van der Waals surface area contributed by atoms with E-state index in [1.807, 2.05) is 44.2 Å². The first-order chi connectivity index (χ1) is 18.8. The van der Waals surface area contributed by atoms with Gasteiger partial charge in [-0.25, -0.2) is 0 Å². The highest BCUT2D eigenvalue weighted by atomic mass is 35.5. The predicted molar refractivity (Wildman–Crippen MR) is 157 cm³/mol. The molecule has 2 N–H and O–H groups in total. The summed E-state index contributed by atoms with van der Waals surface area (Å²) in [6, 6.07) is 15.9. The molecule has 1 amide bonds. The summed E-state index contributed by atoms with van der Waals surface area (Å²) >= 11 is 6.19. The van der Waals surface area contributed by atoms with Gasteiger partial charge in [0.2, 0.25) is 0 Å². The fourth-order valence-corrected chi connectivity index (χ4v) is 4.57. The van der Waals surface area contributed by atoms with Gasteiger partial charge >= 0.3 is 0 Å². The minimum atomic E-state index is -0.340. The van der Waals surface area contributed by atoms with Crippen molar-refractivity contribution < 1.29 is 19.1 Å². The number of aryl methyl sites for hydroxylation is 2. The number of carbonyl (C=O) groups excluding carboxylic acids is 2. The number of nitrogens with zero attached hydrogens (tertiary/aromatic N) is 1. The number of hydrogen-bond acceptors (Lipinski definition) is 6. The average molecular weight is 548 g/mol. The van der Waals surface area contributed by atoms with Gasteiger partial charge in [0.05, 0.1) is 12.2 Å². The largest absolute Gasteiger partial charge is 0.494 e. The maximum atomic E-state index is 13.3. The lowest BCUT2D eigenvalue weighted by molar-refractivity contribution is -0.118. The fourth-order valence-electron chi connectivity index (χ4n) is 4.40. The van der Waals surface area contributed by atoms with Crippen LogP contribution in [0.25, 0.3) is 0 Å². The minimum Gasteiger partial charge on any atom is -0.494 e. The molecule has 0 radical (unpaired) electrons. The van der Waals surface area contributed by atoms with Crippen LogP contribution in [0.3, 0.4) is 0 Å². The summed E-state index contributed by atoms with van der Waals surface area (Å²) in [5.74, 6) is 0.476. The lowest BCUT2D eigenvalue weighted by atomic mass is 10.00. The molecular formula is C31H34ClN3O4. The van der Waals surface area contributed by atoms with Crippen LogP contribution in [0.1, 0.15) is 33.5 Å². The van der Waals surface area contributed by atoms with Crippen molar-refractivity contribution in [3.05, 3.63) is 94.0 Å². The standard InChI is InChI=1S/C31H34ClN3O4/c1-21-15-23(18-25(16-21)33-3)31(37)27-19-24(32)7-10-29(27)39-20-30(36)34-28-9-8-26(17-22(28)2)38-14-6-13-35-11-4-5-12-35/h4-5,7-10,15-19,33H,6,11-14,20H2,1-3H3,(H,34,36). The highest BCUT2D eigenvalue weighted by Gasteiger charge is 2.18. The zero-order chi connectivity index (χ0) is 27.8. The normalized spacial score (nSPS) is 12.8. The lowest BCUT2D eigenvalue weighted by Gasteiger charge is -2.15. The van der Waals surface area contributed by atoms with E-state index in [0.717, 1.165) is 48.6 Å². The Kier molecular flexibility index (Phi) is 9.63. The highest BCUT2D eigenvalue weighted by molar-refractivity contribution is 6.31. The number of nitrogens with one attached hydrogen (secondary N) is 2. The average Bonchev–Trinajstić information content (AvgIpc) is 3.44. The van der Waals surface area contributed by atoms with E-state index in [1.54, 1.807) is 31.3 Å². The van der Waals surface area contributed by atoms with E-state index in [-0.39, 0.29) is 24.0 Å². The van der Waals surface area contributed by atoms with Gasteiger partial charge in [-0.1, -0.05) is 23.8 Å². The predicted octanol–water partition coefficient (Wildman–Crippen LogP) is 5.89. The summed E-state index contributed by atoms with van der Waals surface area (Å²) in [5.41, 5.74) is 4.12. The number of benzene rings is 3. The maximum Gasteiger partial charge on any atom is 0.262 e. The lowest BCUT2D eigenvalue weighted by Crippen LogP contribution is -2.22. The Labute approximate surface area is 234 Å². The molecule has 0 aromatic heterocycles. The van der Waals surface area contributed by atoms with Crippen molar-refractivity contribution in [1.82, 2.24) is 4.90 Å². The van der Waals surface area contributed by atoms with Crippen molar-refractivity contribution in [2.75, 3.05) is 50.5 Å². The molecule has 8 heteroatoms. The molecule has 0 saturated heterocycles. The Morgan fingerprint density at radius 1 is 0.974 bits per heavy atom. The van der Waals surface area contributed by atoms with Gasteiger partial charge in [-0.15, -0.1) is 0 Å². The second kappa shape index (κ2) is 13.3. The molecule has 204 valence electrons. The molecule has 4 rings (SSSR count). The van der Waals surface area contributed by atoms with Crippen molar-refractivity contribution in [2.24, 2.45) is 0 Å². The number of ketones is 1. The SMILES string of the molecule is CNc1cc(C)cc(C(=O)c2cc(Cl)ccc2OCC(=O)Nc2ccc(OCCCN3CC=CC3)cc2C)c1. The Balaban J connectivity index is 1.34. The Bertz CT molecular complexity index is 1360. The van der Waals surface area contributed by atoms with E-state index in [0.29, 0.717) is 28.4 Å². The van der Waals surface area contributed by atoms with E-state index in [2.05, 4.69) is 27.7 Å². The quantitative estimate of drug-likeness (QED) is 0.167. The summed E-state index contributed by atoms with van der Waals surface area (Å²) in [4.78, 5) is 28.4. The van der Waals surface area contributed by atoms with E-state index in [9.17, 15) is 9.59 Å². The van der Waals surface area contributed by atoms with Gasteiger partial charge in [-0.05, 0) is 86.0 Å².